The summed E-state index contributed by atoms with van der Waals surface area (Å²) in [5.41, 5.74) is 2.10. The quantitative estimate of drug-likeness (QED) is 0.596. The van der Waals surface area contributed by atoms with Gasteiger partial charge in [0.25, 0.3) is 0 Å². The van der Waals surface area contributed by atoms with Gasteiger partial charge < -0.3 is 4.90 Å². The normalized spacial score (nSPS) is 10.4. The summed E-state index contributed by atoms with van der Waals surface area (Å²) in [5.74, 6) is -0.517. The molecule has 2 heterocycles. The van der Waals surface area contributed by atoms with Gasteiger partial charge in [0.2, 0.25) is 0 Å². The van der Waals surface area contributed by atoms with Gasteiger partial charge in [0, 0.05) is 10.6 Å². The number of nitrogens with zero attached hydrogens (tertiary/aromatic N) is 4. The predicted octanol–water partition coefficient (Wildman–Crippen LogP) is 4.66. The van der Waals surface area contributed by atoms with E-state index in [0.29, 0.717) is 28.4 Å². The third-order valence-corrected chi connectivity index (χ3v) is 5.00. The number of thiazole rings is 1. The first-order chi connectivity index (χ1) is 12.5. The number of hydrogen-bond donors (Lipinski definition) is 0. The molecule has 0 atom stereocenters. The van der Waals surface area contributed by atoms with Crippen LogP contribution in [0.4, 0.5) is 15.2 Å². The van der Waals surface area contributed by atoms with E-state index in [9.17, 15) is 9.18 Å². The van der Waals surface area contributed by atoms with Crippen LogP contribution in [-0.4, -0.2) is 16.3 Å². The van der Waals surface area contributed by atoms with Crippen molar-refractivity contribution in [2.24, 2.45) is 0 Å². The summed E-state index contributed by atoms with van der Waals surface area (Å²) < 4.78 is 13.3. The number of halogens is 2. The van der Waals surface area contributed by atoms with Crippen LogP contribution in [0, 0.1) is 24.1 Å². The van der Waals surface area contributed by atoms with Crippen LogP contribution in [0.15, 0.2) is 36.5 Å². The summed E-state index contributed by atoms with van der Waals surface area (Å²) in [6.07, 6.45) is 1.80. The molecule has 8 heteroatoms. The number of pyridine rings is 1. The summed E-state index contributed by atoms with van der Waals surface area (Å²) in [6.45, 7) is 2.04. The lowest BCUT2D eigenvalue weighted by molar-refractivity contribution is 0.111. The van der Waals surface area contributed by atoms with E-state index in [1.807, 2.05) is 11.8 Å². The molecular weight excluding hydrogens is 375 g/mol. The van der Waals surface area contributed by atoms with Crippen LogP contribution in [0.1, 0.15) is 26.6 Å². The molecule has 0 aliphatic rings. The second-order valence-electron chi connectivity index (χ2n) is 5.38. The molecule has 26 heavy (non-hydrogen) atoms. The molecule has 0 fully saturated rings. The Balaban J connectivity index is 2.05. The SMILES string of the molecule is Cc1sc(N(Cc2ncc(F)cc2Cl)c2ccc(C#N)cc2)nc1C=O. The molecule has 0 aliphatic heterocycles. The van der Waals surface area contributed by atoms with Crippen LogP contribution >= 0.6 is 22.9 Å². The molecule has 3 aromatic rings. The summed E-state index contributed by atoms with van der Waals surface area (Å²) in [6, 6.07) is 10.2. The lowest BCUT2D eigenvalue weighted by Gasteiger charge is -2.22. The molecule has 3 rings (SSSR count). The predicted molar refractivity (Wildman–Crippen MR) is 98.4 cm³/mol. The molecule has 0 radical (unpaired) electrons. The van der Waals surface area contributed by atoms with Crippen molar-refractivity contribution in [3.63, 3.8) is 0 Å². The van der Waals surface area contributed by atoms with Gasteiger partial charge in [-0.15, -0.1) is 11.3 Å². The Morgan fingerprint density at radius 3 is 2.69 bits per heavy atom. The average molecular weight is 387 g/mol. The van der Waals surface area contributed by atoms with E-state index in [0.717, 1.165) is 16.8 Å². The second-order valence-corrected chi connectivity index (χ2v) is 6.97. The van der Waals surface area contributed by atoms with Gasteiger partial charge in [0.1, 0.15) is 11.5 Å². The standard InChI is InChI=1S/C18H12ClFN4OS/c1-11-17(10-25)23-18(26-11)24(14-4-2-12(7-21)3-5-14)9-16-15(19)6-13(20)8-22-16/h2-6,8,10H,9H2,1H3. The Morgan fingerprint density at radius 1 is 1.38 bits per heavy atom. The van der Waals surface area contributed by atoms with E-state index in [1.54, 1.807) is 24.3 Å². The first-order valence-corrected chi connectivity index (χ1v) is 8.71. The van der Waals surface area contributed by atoms with Crippen molar-refractivity contribution in [2.75, 3.05) is 4.90 Å². The number of benzene rings is 1. The van der Waals surface area contributed by atoms with E-state index in [-0.39, 0.29) is 11.6 Å². The monoisotopic (exact) mass is 386 g/mol. The summed E-state index contributed by atoms with van der Waals surface area (Å²) in [4.78, 5) is 22.2. The highest BCUT2D eigenvalue weighted by atomic mass is 35.5. The first-order valence-electron chi connectivity index (χ1n) is 7.52. The topological polar surface area (TPSA) is 69.9 Å². The average Bonchev–Trinajstić information content (AvgIpc) is 3.02. The smallest absolute Gasteiger partial charge is 0.191 e. The number of rotatable bonds is 5. The van der Waals surface area contributed by atoms with Crippen LogP contribution < -0.4 is 4.90 Å². The molecule has 2 aromatic heterocycles. The van der Waals surface area contributed by atoms with E-state index in [2.05, 4.69) is 16.0 Å². The number of aryl methyl sites for hydroxylation is 1. The maximum atomic E-state index is 13.3. The van der Waals surface area contributed by atoms with Gasteiger partial charge in [-0.1, -0.05) is 11.6 Å². The number of aldehydes is 1. The molecule has 0 aliphatic carbocycles. The molecule has 0 saturated carbocycles. The zero-order chi connectivity index (χ0) is 18.7. The first kappa shape index (κ1) is 18.0. The van der Waals surface area contributed by atoms with Gasteiger partial charge in [-0.25, -0.2) is 9.37 Å². The van der Waals surface area contributed by atoms with Gasteiger partial charge in [0.15, 0.2) is 11.4 Å². The third kappa shape index (κ3) is 3.72. The molecule has 1 aromatic carbocycles. The highest BCUT2D eigenvalue weighted by Gasteiger charge is 2.18. The maximum Gasteiger partial charge on any atom is 0.191 e. The highest BCUT2D eigenvalue weighted by molar-refractivity contribution is 7.15. The molecule has 0 unspecified atom stereocenters. The molecule has 5 nitrogen and oxygen atoms in total. The van der Waals surface area contributed by atoms with Gasteiger partial charge in [-0.2, -0.15) is 5.26 Å². The van der Waals surface area contributed by atoms with Crippen LogP contribution in [-0.2, 0) is 6.54 Å². The van der Waals surface area contributed by atoms with Crippen molar-refractivity contribution < 1.29 is 9.18 Å². The van der Waals surface area contributed by atoms with E-state index in [4.69, 9.17) is 16.9 Å². The summed E-state index contributed by atoms with van der Waals surface area (Å²) >= 11 is 7.47. The fourth-order valence-electron chi connectivity index (χ4n) is 2.31. The van der Waals surface area contributed by atoms with Gasteiger partial charge >= 0.3 is 0 Å². The molecule has 0 N–H and O–H groups in total. The van der Waals surface area contributed by atoms with E-state index >= 15 is 0 Å². The minimum Gasteiger partial charge on any atom is -0.312 e. The second kappa shape index (κ2) is 7.60. The van der Waals surface area contributed by atoms with Crippen molar-refractivity contribution in [3.8, 4) is 6.07 Å². The van der Waals surface area contributed by atoms with Crippen molar-refractivity contribution in [1.82, 2.24) is 9.97 Å². The Bertz CT molecular complexity index is 997. The fourth-order valence-corrected chi connectivity index (χ4v) is 3.42. The largest absolute Gasteiger partial charge is 0.312 e. The highest BCUT2D eigenvalue weighted by Crippen LogP contribution is 2.33. The maximum absolute atomic E-state index is 13.3. The Hall–Kier alpha value is -2.82. The number of carbonyl (C=O) groups is 1. The third-order valence-electron chi connectivity index (χ3n) is 3.66. The van der Waals surface area contributed by atoms with Crippen molar-refractivity contribution in [3.05, 3.63) is 69.2 Å². The minimum absolute atomic E-state index is 0.201. The van der Waals surface area contributed by atoms with Crippen molar-refractivity contribution >= 4 is 40.0 Å². The molecular formula is C18H12ClFN4OS. The van der Waals surface area contributed by atoms with Crippen LogP contribution in [0.2, 0.25) is 5.02 Å². The van der Waals surface area contributed by atoms with Crippen LogP contribution in [0.25, 0.3) is 0 Å². The minimum atomic E-state index is -0.517. The number of hydrogen-bond acceptors (Lipinski definition) is 6. The number of carbonyl (C=O) groups excluding carboxylic acids is 1. The lowest BCUT2D eigenvalue weighted by Crippen LogP contribution is -2.17. The van der Waals surface area contributed by atoms with Gasteiger partial charge in [0.05, 0.1) is 35.1 Å². The number of aromatic nitrogens is 2. The zero-order valence-electron chi connectivity index (χ0n) is 13.6. The van der Waals surface area contributed by atoms with Gasteiger partial charge in [-0.05, 0) is 37.3 Å². The molecule has 0 spiro atoms. The Kier molecular flexibility index (Phi) is 5.26. The molecule has 130 valence electrons. The van der Waals surface area contributed by atoms with E-state index in [1.165, 1.54) is 17.4 Å². The van der Waals surface area contributed by atoms with Crippen LogP contribution in [0.5, 0.6) is 0 Å². The molecule has 0 saturated heterocycles. The Labute approximate surface area is 158 Å². The summed E-state index contributed by atoms with van der Waals surface area (Å²) in [5, 5.41) is 9.76. The number of anilines is 2. The Morgan fingerprint density at radius 2 is 2.12 bits per heavy atom. The summed E-state index contributed by atoms with van der Waals surface area (Å²) in [7, 11) is 0. The lowest BCUT2D eigenvalue weighted by atomic mass is 10.2. The zero-order valence-corrected chi connectivity index (χ0v) is 15.2. The molecule has 0 bridgehead atoms. The van der Waals surface area contributed by atoms with Crippen LogP contribution in [0.3, 0.4) is 0 Å². The van der Waals surface area contributed by atoms with Gasteiger partial charge in [-0.3, -0.25) is 9.78 Å². The van der Waals surface area contributed by atoms with Crippen molar-refractivity contribution in [2.45, 2.75) is 13.5 Å². The number of nitriles is 1. The van der Waals surface area contributed by atoms with E-state index < -0.39 is 5.82 Å². The fraction of sp³-hybridized carbons (Fsp3) is 0.111. The molecule has 0 amide bonds. The van der Waals surface area contributed by atoms with Crippen molar-refractivity contribution in [1.29, 1.82) is 5.26 Å².